The molecule has 2 atom stereocenters. The first-order chi connectivity index (χ1) is 8.41. The smallest absolute Gasteiger partial charge is 0.274 e. The Labute approximate surface area is 111 Å². The van der Waals surface area contributed by atoms with E-state index >= 15 is 0 Å². The van der Waals surface area contributed by atoms with Crippen LogP contribution >= 0.6 is 11.6 Å². The van der Waals surface area contributed by atoms with Crippen LogP contribution in [0.1, 0.15) is 31.7 Å². The first-order valence-electron chi connectivity index (χ1n) is 6.12. The monoisotopic (exact) mass is 268 g/mol. The Morgan fingerprint density at radius 1 is 1.61 bits per heavy atom. The molecule has 0 aromatic heterocycles. The molecule has 0 aliphatic heterocycles. The molecule has 0 spiro atoms. The van der Waals surface area contributed by atoms with Crippen molar-refractivity contribution in [1.82, 2.24) is 0 Å². The molecule has 18 heavy (non-hydrogen) atoms. The summed E-state index contributed by atoms with van der Waals surface area (Å²) in [5, 5.41) is 11.5. The van der Waals surface area contributed by atoms with Gasteiger partial charge in [-0.05, 0) is 37.7 Å². The summed E-state index contributed by atoms with van der Waals surface area (Å²) < 4.78 is 0. The normalized spacial score (nSPS) is 27.4. The van der Waals surface area contributed by atoms with Crippen LogP contribution in [-0.2, 0) is 6.42 Å². The molecule has 5 heteroatoms. The van der Waals surface area contributed by atoms with Gasteiger partial charge in [0.2, 0.25) is 0 Å². The van der Waals surface area contributed by atoms with Gasteiger partial charge >= 0.3 is 0 Å². The molecular formula is C13H17ClN2O2. The zero-order valence-corrected chi connectivity index (χ0v) is 11.1. The summed E-state index contributed by atoms with van der Waals surface area (Å²) in [7, 11) is 0. The van der Waals surface area contributed by atoms with Gasteiger partial charge in [0.25, 0.3) is 5.69 Å². The fourth-order valence-corrected chi connectivity index (χ4v) is 3.07. The van der Waals surface area contributed by atoms with Crippen LogP contribution in [-0.4, -0.2) is 10.5 Å². The fourth-order valence-electron chi connectivity index (χ4n) is 2.84. The standard InChI is InChI=1S/C13H17ClN2O2/c1-9-5-6-13(15,7-9)8-10-11(14)3-2-4-12(10)16(17)18/h2-4,9H,5-8,15H2,1H3. The quantitative estimate of drug-likeness (QED) is 0.675. The number of hydrogen-bond donors (Lipinski definition) is 1. The van der Waals surface area contributed by atoms with E-state index in [0.717, 1.165) is 19.3 Å². The minimum absolute atomic E-state index is 0.0758. The lowest BCUT2D eigenvalue weighted by atomic mass is 9.89. The zero-order chi connectivity index (χ0) is 13.3. The third-order valence-corrected chi connectivity index (χ3v) is 4.06. The predicted molar refractivity (Wildman–Crippen MR) is 71.7 cm³/mol. The van der Waals surface area contributed by atoms with Crippen LogP contribution in [0.15, 0.2) is 18.2 Å². The molecule has 2 N–H and O–H groups in total. The van der Waals surface area contributed by atoms with Crippen molar-refractivity contribution in [2.75, 3.05) is 0 Å². The van der Waals surface area contributed by atoms with E-state index in [-0.39, 0.29) is 16.1 Å². The van der Waals surface area contributed by atoms with Crippen molar-refractivity contribution in [3.05, 3.63) is 38.9 Å². The minimum Gasteiger partial charge on any atom is -0.325 e. The van der Waals surface area contributed by atoms with Crippen LogP contribution in [0.5, 0.6) is 0 Å². The van der Waals surface area contributed by atoms with Crippen LogP contribution in [0, 0.1) is 16.0 Å². The molecule has 1 aromatic rings. The molecule has 1 fully saturated rings. The lowest BCUT2D eigenvalue weighted by Gasteiger charge is -2.24. The van der Waals surface area contributed by atoms with Gasteiger partial charge in [0, 0.05) is 11.6 Å². The highest BCUT2D eigenvalue weighted by Crippen LogP contribution is 2.38. The summed E-state index contributed by atoms with van der Waals surface area (Å²) in [4.78, 5) is 10.6. The maximum atomic E-state index is 11.0. The number of nitrogens with two attached hydrogens (primary N) is 1. The third-order valence-electron chi connectivity index (χ3n) is 3.71. The Bertz CT molecular complexity index is 478. The van der Waals surface area contributed by atoms with E-state index in [4.69, 9.17) is 17.3 Å². The zero-order valence-electron chi connectivity index (χ0n) is 10.4. The molecule has 0 heterocycles. The average molecular weight is 269 g/mol. The SMILES string of the molecule is CC1CCC(N)(Cc2c(Cl)cccc2[N+](=O)[O-])C1. The highest BCUT2D eigenvalue weighted by molar-refractivity contribution is 6.31. The average Bonchev–Trinajstić information content (AvgIpc) is 2.61. The van der Waals surface area contributed by atoms with Crippen molar-refractivity contribution in [2.24, 2.45) is 11.7 Å². The van der Waals surface area contributed by atoms with Gasteiger partial charge < -0.3 is 5.73 Å². The van der Waals surface area contributed by atoms with Crippen molar-refractivity contribution in [1.29, 1.82) is 0 Å². The lowest BCUT2D eigenvalue weighted by molar-refractivity contribution is -0.385. The van der Waals surface area contributed by atoms with Crippen LogP contribution < -0.4 is 5.73 Å². The molecule has 98 valence electrons. The van der Waals surface area contributed by atoms with Gasteiger partial charge in [0.15, 0.2) is 0 Å². The molecule has 1 aromatic carbocycles. The van der Waals surface area contributed by atoms with Gasteiger partial charge in [-0.3, -0.25) is 10.1 Å². The van der Waals surface area contributed by atoms with Crippen molar-refractivity contribution >= 4 is 17.3 Å². The molecular weight excluding hydrogens is 252 g/mol. The number of nitro benzene ring substituents is 1. The summed E-state index contributed by atoms with van der Waals surface area (Å²) in [6.07, 6.45) is 3.36. The van der Waals surface area contributed by atoms with Gasteiger partial charge in [-0.15, -0.1) is 0 Å². The highest BCUT2D eigenvalue weighted by atomic mass is 35.5. The molecule has 2 rings (SSSR count). The Hall–Kier alpha value is -1.13. The molecule has 1 aliphatic rings. The number of halogens is 1. The van der Waals surface area contributed by atoms with Gasteiger partial charge in [0.1, 0.15) is 0 Å². The van der Waals surface area contributed by atoms with Gasteiger partial charge in [-0.25, -0.2) is 0 Å². The second kappa shape index (κ2) is 4.86. The first kappa shape index (κ1) is 13.3. The molecule has 0 bridgehead atoms. The molecule has 1 saturated carbocycles. The van der Waals surface area contributed by atoms with Gasteiger partial charge in [0.05, 0.1) is 15.5 Å². The predicted octanol–water partition coefficient (Wildman–Crippen LogP) is 3.31. The van der Waals surface area contributed by atoms with Crippen LogP contribution in [0.2, 0.25) is 5.02 Å². The Kier molecular flexibility index (Phi) is 3.59. The maximum Gasteiger partial charge on any atom is 0.274 e. The summed E-state index contributed by atoms with van der Waals surface area (Å²) in [5.74, 6) is 0.580. The first-order valence-corrected chi connectivity index (χ1v) is 6.50. The van der Waals surface area contributed by atoms with Crippen molar-refractivity contribution in [2.45, 2.75) is 38.1 Å². The highest BCUT2D eigenvalue weighted by Gasteiger charge is 2.36. The van der Waals surface area contributed by atoms with E-state index in [2.05, 4.69) is 6.92 Å². The molecule has 1 aliphatic carbocycles. The largest absolute Gasteiger partial charge is 0.325 e. The number of nitro groups is 1. The van der Waals surface area contributed by atoms with Crippen LogP contribution in [0.25, 0.3) is 0 Å². The van der Waals surface area contributed by atoms with E-state index in [1.807, 2.05) is 0 Å². The second-order valence-corrected chi connectivity index (χ2v) is 5.79. The van der Waals surface area contributed by atoms with Crippen molar-refractivity contribution in [3.8, 4) is 0 Å². The number of benzene rings is 1. The topological polar surface area (TPSA) is 69.2 Å². The van der Waals surface area contributed by atoms with Gasteiger partial charge in [-0.2, -0.15) is 0 Å². The van der Waals surface area contributed by atoms with Crippen molar-refractivity contribution in [3.63, 3.8) is 0 Å². The molecule has 0 amide bonds. The van der Waals surface area contributed by atoms with E-state index in [0.29, 0.717) is 22.9 Å². The number of rotatable bonds is 3. The third kappa shape index (κ3) is 2.65. The molecule has 0 saturated heterocycles. The van der Waals surface area contributed by atoms with E-state index in [1.165, 1.54) is 6.07 Å². The Morgan fingerprint density at radius 2 is 2.33 bits per heavy atom. The fraction of sp³-hybridized carbons (Fsp3) is 0.538. The Balaban J connectivity index is 2.31. The van der Waals surface area contributed by atoms with Crippen LogP contribution in [0.3, 0.4) is 0 Å². The van der Waals surface area contributed by atoms with Crippen LogP contribution in [0.4, 0.5) is 5.69 Å². The number of hydrogen-bond acceptors (Lipinski definition) is 3. The van der Waals surface area contributed by atoms with Gasteiger partial charge in [-0.1, -0.05) is 24.6 Å². The summed E-state index contributed by atoms with van der Waals surface area (Å²) in [5.41, 5.74) is 6.63. The number of nitrogens with zero attached hydrogens (tertiary/aromatic N) is 1. The van der Waals surface area contributed by atoms with E-state index < -0.39 is 0 Å². The molecule has 0 radical (unpaired) electrons. The maximum absolute atomic E-state index is 11.0. The lowest BCUT2D eigenvalue weighted by Crippen LogP contribution is -2.39. The summed E-state index contributed by atoms with van der Waals surface area (Å²) in [6, 6.07) is 4.78. The molecule has 2 unspecified atom stereocenters. The van der Waals surface area contributed by atoms with Crippen molar-refractivity contribution < 1.29 is 4.92 Å². The molecule has 4 nitrogen and oxygen atoms in total. The minimum atomic E-state index is -0.386. The Morgan fingerprint density at radius 3 is 2.89 bits per heavy atom. The van der Waals surface area contributed by atoms with E-state index in [1.54, 1.807) is 12.1 Å². The summed E-state index contributed by atoms with van der Waals surface area (Å²) in [6.45, 7) is 2.16. The van der Waals surface area contributed by atoms with E-state index in [9.17, 15) is 10.1 Å². The second-order valence-electron chi connectivity index (χ2n) is 5.38. The summed E-state index contributed by atoms with van der Waals surface area (Å²) >= 11 is 6.09.